The molecule has 2 N–H and O–H groups in total. The summed E-state index contributed by atoms with van der Waals surface area (Å²) in [5.74, 6) is -0.976. The van der Waals surface area contributed by atoms with Crippen molar-refractivity contribution in [1.29, 1.82) is 0 Å². The fraction of sp³-hybridized carbons (Fsp3) is 0.500. The van der Waals surface area contributed by atoms with Crippen LogP contribution in [0.25, 0.3) is 10.9 Å². The van der Waals surface area contributed by atoms with E-state index in [0.29, 0.717) is 17.5 Å². The van der Waals surface area contributed by atoms with E-state index >= 15 is 0 Å². The van der Waals surface area contributed by atoms with Gasteiger partial charge in [0.05, 0.1) is 30.8 Å². The second-order valence-corrected chi connectivity index (χ2v) is 10.6. The van der Waals surface area contributed by atoms with Gasteiger partial charge in [0.25, 0.3) is 0 Å². The van der Waals surface area contributed by atoms with Crippen molar-refractivity contribution in [2.45, 2.75) is 56.9 Å². The van der Waals surface area contributed by atoms with Gasteiger partial charge in [0, 0.05) is 54.1 Å². The van der Waals surface area contributed by atoms with Gasteiger partial charge in [-0.15, -0.1) is 0 Å². The molecule has 13 heteroatoms. The topological polar surface area (TPSA) is 43.5 Å². The Hall–Kier alpha value is -3.06. The third-order valence-corrected chi connectivity index (χ3v) is 7.76. The number of rotatable bonds is 9. The van der Waals surface area contributed by atoms with Gasteiger partial charge in [0.2, 0.25) is 0 Å². The molecule has 1 fully saturated rings. The van der Waals surface area contributed by atoms with Crippen LogP contribution in [0.15, 0.2) is 36.4 Å². The van der Waals surface area contributed by atoms with Crippen molar-refractivity contribution in [2.24, 2.45) is 0 Å². The molecule has 2 aliphatic rings. The number of hydrogen-bond donors (Lipinski definition) is 2. The summed E-state index contributed by atoms with van der Waals surface area (Å²) in [5, 5.41) is 3.47. The molecule has 0 saturated carbocycles. The molecule has 0 radical (unpaired) electrons. The van der Waals surface area contributed by atoms with Crippen molar-refractivity contribution in [3.05, 3.63) is 59.0 Å². The van der Waals surface area contributed by atoms with Gasteiger partial charge in [-0.25, -0.2) is 8.78 Å². The highest BCUT2D eigenvalue weighted by atomic mass is 19.4. The van der Waals surface area contributed by atoms with Gasteiger partial charge in [0.1, 0.15) is 17.7 Å². The van der Waals surface area contributed by atoms with E-state index in [-0.39, 0.29) is 54.1 Å². The third kappa shape index (κ3) is 6.25. The summed E-state index contributed by atoms with van der Waals surface area (Å²) >= 11 is 0. The van der Waals surface area contributed by atoms with Crippen molar-refractivity contribution < 1.29 is 39.9 Å². The quantitative estimate of drug-likeness (QED) is 0.276. The maximum atomic E-state index is 14.7. The Labute approximate surface area is 231 Å². The third-order valence-electron chi connectivity index (χ3n) is 7.76. The fourth-order valence-corrected chi connectivity index (χ4v) is 6.04. The van der Waals surface area contributed by atoms with Crippen molar-refractivity contribution in [2.75, 3.05) is 38.2 Å². The normalized spacial score (nSPS) is 23.9. The summed E-state index contributed by atoms with van der Waals surface area (Å²) in [6.45, 7) is -2.85. The van der Waals surface area contributed by atoms with Gasteiger partial charge >= 0.3 is 12.8 Å². The number of aromatic nitrogens is 1. The molecule has 1 aromatic heterocycles. The molecule has 0 aliphatic carbocycles. The second kappa shape index (κ2) is 11.7. The summed E-state index contributed by atoms with van der Waals surface area (Å²) in [5.41, 5.74) is 1.23. The van der Waals surface area contributed by atoms with Gasteiger partial charge < -0.3 is 15.0 Å². The van der Waals surface area contributed by atoms with Crippen molar-refractivity contribution in [3.63, 3.8) is 0 Å². The van der Waals surface area contributed by atoms with E-state index < -0.39 is 56.1 Å². The summed E-state index contributed by atoms with van der Waals surface area (Å²) < 4.78 is 115. The number of nitrogens with one attached hydrogen (secondary N) is 2. The van der Waals surface area contributed by atoms with E-state index in [9.17, 15) is 35.1 Å². The van der Waals surface area contributed by atoms with Gasteiger partial charge in [-0.2, -0.15) is 22.0 Å². The van der Waals surface area contributed by atoms with Crippen LogP contribution in [0.3, 0.4) is 0 Å². The van der Waals surface area contributed by atoms with E-state index in [1.165, 1.54) is 30.3 Å². The largest absolute Gasteiger partial charge is 0.434 e. The number of halogens is 8. The number of hydrogen-bond acceptors (Lipinski definition) is 4. The van der Waals surface area contributed by atoms with Crippen molar-refractivity contribution in [1.82, 2.24) is 14.8 Å². The molecule has 4 atom stereocenters. The number of likely N-dealkylation sites (tertiary alicyclic amines) is 1. The first-order valence-corrected chi connectivity index (χ1v) is 13.3. The fourth-order valence-electron chi connectivity index (χ4n) is 6.04. The molecular weight excluding hydrogens is 560 g/mol. The zero-order valence-electron chi connectivity index (χ0n) is 22.1. The minimum Gasteiger partial charge on any atom is -0.434 e. The molecule has 41 heavy (non-hydrogen) atoms. The molecule has 224 valence electrons. The lowest BCUT2D eigenvalue weighted by atomic mass is 9.88. The minimum atomic E-state index is -4.61. The Morgan fingerprint density at radius 1 is 1.15 bits per heavy atom. The molecule has 2 aliphatic heterocycles. The van der Waals surface area contributed by atoms with Gasteiger partial charge in [-0.05, 0) is 37.5 Å². The number of H-pyrrole nitrogens is 1. The number of ether oxygens (including phenoxy) is 1. The van der Waals surface area contributed by atoms with Crippen LogP contribution in [0, 0.1) is 5.82 Å². The number of nitrogens with zero attached hydrogens (tertiary/aromatic N) is 2. The van der Waals surface area contributed by atoms with Gasteiger partial charge in [-0.3, -0.25) is 14.2 Å². The van der Waals surface area contributed by atoms with E-state index in [1.807, 2.05) is 0 Å². The second-order valence-electron chi connectivity index (χ2n) is 10.6. The molecule has 2 aromatic carbocycles. The number of alkyl halides is 7. The highest BCUT2D eigenvalue weighted by molar-refractivity contribution is 5.86. The predicted octanol–water partition coefficient (Wildman–Crippen LogP) is 6.60. The molecule has 5 rings (SSSR count). The van der Waals surface area contributed by atoms with Crippen LogP contribution < -0.4 is 10.1 Å². The minimum absolute atomic E-state index is 0.0210. The monoisotopic (exact) mass is 590 g/mol. The molecule has 3 aromatic rings. The van der Waals surface area contributed by atoms with E-state index in [0.717, 1.165) is 4.90 Å². The lowest BCUT2D eigenvalue weighted by Gasteiger charge is -2.41. The molecule has 5 nitrogen and oxygen atoms in total. The molecule has 0 bridgehead atoms. The lowest BCUT2D eigenvalue weighted by molar-refractivity contribution is -0.155. The first-order valence-electron chi connectivity index (χ1n) is 13.3. The number of aromatic amines is 1. The molecule has 3 heterocycles. The van der Waals surface area contributed by atoms with Crippen LogP contribution in [-0.2, 0) is 6.42 Å². The molecule has 0 amide bonds. The standard InChI is InChI=1S/C28H30F8N4O/c1-15-10-19-17-4-2-5-20(30)24(17)38-25(19)26(40(15)14-28(34,35)36)18-7-6-16(11-23(18)41-27(32)33)37-22-13-39(9-3-8-29)12-21(22)31/h2,4-7,11,15,21-22,26-27,37-38H,3,8-10,12-14H2,1H3/t15-,21+,22+,26?/m1/s1. The van der Waals surface area contributed by atoms with E-state index in [4.69, 9.17) is 4.74 Å². The highest BCUT2D eigenvalue weighted by Crippen LogP contribution is 2.45. The van der Waals surface area contributed by atoms with E-state index in [1.54, 1.807) is 17.9 Å². The summed E-state index contributed by atoms with van der Waals surface area (Å²) in [4.78, 5) is 5.81. The highest BCUT2D eigenvalue weighted by Gasteiger charge is 2.43. The maximum Gasteiger partial charge on any atom is 0.401 e. The number of fused-ring (bicyclic) bond motifs is 3. The van der Waals surface area contributed by atoms with Gasteiger partial charge in [-0.1, -0.05) is 18.2 Å². The van der Waals surface area contributed by atoms with Crippen LogP contribution in [0.2, 0.25) is 0 Å². The van der Waals surface area contributed by atoms with Crippen molar-refractivity contribution in [3.8, 4) is 5.75 Å². The Kier molecular flexibility index (Phi) is 8.38. The average molecular weight is 591 g/mol. The molecular formula is C28H30F8N4O. The number of benzene rings is 2. The van der Waals surface area contributed by atoms with Gasteiger partial charge in [0.15, 0.2) is 0 Å². The van der Waals surface area contributed by atoms with Crippen molar-refractivity contribution >= 4 is 16.6 Å². The van der Waals surface area contributed by atoms with Crippen LogP contribution in [0.4, 0.5) is 40.8 Å². The Morgan fingerprint density at radius 3 is 2.63 bits per heavy atom. The zero-order chi connectivity index (χ0) is 29.5. The Morgan fingerprint density at radius 2 is 1.93 bits per heavy atom. The predicted molar refractivity (Wildman–Crippen MR) is 138 cm³/mol. The molecule has 0 spiro atoms. The van der Waals surface area contributed by atoms with Crippen LogP contribution >= 0.6 is 0 Å². The first kappa shape index (κ1) is 29.4. The number of anilines is 1. The lowest BCUT2D eigenvalue weighted by Crippen LogP contribution is -2.47. The Balaban J connectivity index is 1.56. The first-order chi connectivity index (χ1) is 19.4. The molecule has 1 unspecified atom stereocenters. The number of para-hydroxylation sites is 1. The molecule has 1 saturated heterocycles. The van der Waals surface area contributed by atoms with Crippen LogP contribution in [0.1, 0.15) is 36.2 Å². The summed E-state index contributed by atoms with van der Waals surface area (Å²) in [6.07, 6.45) is -5.48. The summed E-state index contributed by atoms with van der Waals surface area (Å²) in [6, 6.07) is 5.83. The zero-order valence-corrected chi connectivity index (χ0v) is 22.1. The van der Waals surface area contributed by atoms with E-state index in [2.05, 4.69) is 10.3 Å². The maximum absolute atomic E-state index is 14.7. The van der Waals surface area contributed by atoms with Crippen LogP contribution in [-0.4, -0.2) is 78.7 Å². The summed E-state index contributed by atoms with van der Waals surface area (Å²) in [7, 11) is 0. The van der Waals surface area contributed by atoms with Crippen LogP contribution in [0.5, 0.6) is 5.75 Å². The smallest absolute Gasteiger partial charge is 0.401 e. The SMILES string of the molecule is C[C@@H]1Cc2c([nH]c3c(F)cccc23)C(c2ccc(N[C@H]3CN(CCCF)C[C@@H]3F)cc2OC(F)F)N1CC(F)(F)F. The average Bonchev–Trinajstić information content (AvgIpc) is 3.43. The Bertz CT molecular complexity index is 1360.